The topological polar surface area (TPSA) is 49.3 Å². The third-order valence-corrected chi connectivity index (χ3v) is 6.71. The first kappa shape index (κ1) is 17.7. The number of benzene rings is 1. The van der Waals surface area contributed by atoms with Gasteiger partial charge >= 0.3 is 0 Å². The van der Waals surface area contributed by atoms with Crippen molar-refractivity contribution in [1.82, 2.24) is 15.1 Å². The number of halogens is 1. The number of aromatic nitrogens is 2. The van der Waals surface area contributed by atoms with Crippen LogP contribution in [0.3, 0.4) is 0 Å². The summed E-state index contributed by atoms with van der Waals surface area (Å²) >= 11 is 7.64. The molecule has 1 aromatic carbocycles. The summed E-state index contributed by atoms with van der Waals surface area (Å²) < 4.78 is 0. The number of anilines is 1. The second-order valence-corrected chi connectivity index (χ2v) is 8.47. The molecule has 2 aliphatic rings. The molecule has 4 rings (SSSR count). The summed E-state index contributed by atoms with van der Waals surface area (Å²) in [5, 5.41) is 11.7. The van der Waals surface area contributed by atoms with Gasteiger partial charge in [0.25, 0.3) is 5.91 Å². The van der Waals surface area contributed by atoms with Crippen LogP contribution in [0.1, 0.15) is 53.4 Å². The van der Waals surface area contributed by atoms with Crippen LogP contribution < -0.4 is 4.90 Å². The summed E-state index contributed by atoms with van der Waals surface area (Å²) in [6.07, 6.45) is 6.47. The van der Waals surface area contributed by atoms with Crippen LogP contribution in [0.25, 0.3) is 0 Å². The molecule has 0 radical (unpaired) electrons. The van der Waals surface area contributed by atoms with E-state index in [1.54, 1.807) is 35.6 Å². The summed E-state index contributed by atoms with van der Waals surface area (Å²) in [5.74, 6) is 0.671. The van der Waals surface area contributed by atoms with Gasteiger partial charge in [-0.25, -0.2) is 0 Å². The lowest BCUT2D eigenvalue weighted by molar-refractivity contribution is 0.0747. The smallest absolute Gasteiger partial charge is 0.253 e. The van der Waals surface area contributed by atoms with E-state index in [9.17, 15) is 4.79 Å². The molecule has 0 unspecified atom stereocenters. The zero-order valence-corrected chi connectivity index (χ0v) is 16.3. The lowest BCUT2D eigenvalue weighted by Gasteiger charge is -2.34. The van der Waals surface area contributed by atoms with Crippen LogP contribution in [0.4, 0.5) is 5.13 Å². The van der Waals surface area contributed by atoms with Crippen LogP contribution in [0.5, 0.6) is 0 Å². The van der Waals surface area contributed by atoms with Gasteiger partial charge in [0, 0.05) is 42.7 Å². The van der Waals surface area contributed by atoms with E-state index in [1.165, 1.54) is 37.1 Å². The Hall–Kier alpha value is -1.66. The Morgan fingerprint density at radius 3 is 2.38 bits per heavy atom. The maximum Gasteiger partial charge on any atom is 0.253 e. The SMILES string of the molecule is O=C(c1ccc(Cl)cc1)N1CCN(c2nnc(C3CCCCC3)s2)CC1. The molecular weight excluding hydrogens is 368 g/mol. The van der Waals surface area contributed by atoms with Crippen LogP contribution in [0.15, 0.2) is 24.3 Å². The van der Waals surface area contributed by atoms with E-state index in [4.69, 9.17) is 11.6 Å². The van der Waals surface area contributed by atoms with E-state index >= 15 is 0 Å². The van der Waals surface area contributed by atoms with Crippen molar-refractivity contribution in [3.05, 3.63) is 39.9 Å². The summed E-state index contributed by atoms with van der Waals surface area (Å²) in [6.45, 7) is 3.02. The summed E-state index contributed by atoms with van der Waals surface area (Å²) in [7, 11) is 0. The highest BCUT2D eigenvalue weighted by Crippen LogP contribution is 2.36. The molecule has 1 aromatic heterocycles. The number of carbonyl (C=O) groups excluding carboxylic acids is 1. The molecule has 2 fully saturated rings. The Kier molecular flexibility index (Phi) is 5.41. The van der Waals surface area contributed by atoms with Crippen molar-refractivity contribution >= 4 is 34.0 Å². The van der Waals surface area contributed by atoms with Crippen LogP contribution in [-0.4, -0.2) is 47.2 Å². The third kappa shape index (κ3) is 3.86. The minimum atomic E-state index is 0.0708. The minimum Gasteiger partial charge on any atom is -0.343 e. The second kappa shape index (κ2) is 7.92. The highest BCUT2D eigenvalue weighted by molar-refractivity contribution is 7.15. The molecule has 26 heavy (non-hydrogen) atoms. The molecule has 1 aliphatic heterocycles. The normalized spacial score (nSPS) is 19.0. The summed E-state index contributed by atoms with van der Waals surface area (Å²) in [5.41, 5.74) is 0.693. The number of rotatable bonds is 3. The van der Waals surface area contributed by atoms with Crippen LogP contribution in [0.2, 0.25) is 5.02 Å². The van der Waals surface area contributed by atoms with Gasteiger partial charge in [-0.1, -0.05) is 42.2 Å². The molecule has 1 saturated heterocycles. The van der Waals surface area contributed by atoms with Gasteiger partial charge in [0.2, 0.25) is 5.13 Å². The van der Waals surface area contributed by atoms with Crippen molar-refractivity contribution in [3.63, 3.8) is 0 Å². The Balaban J connectivity index is 1.35. The van der Waals surface area contributed by atoms with Gasteiger partial charge in [0.05, 0.1) is 0 Å². The van der Waals surface area contributed by atoms with E-state index in [2.05, 4.69) is 15.1 Å². The van der Waals surface area contributed by atoms with E-state index in [0.717, 1.165) is 18.2 Å². The van der Waals surface area contributed by atoms with E-state index in [-0.39, 0.29) is 5.91 Å². The first-order valence-corrected chi connectivity index (χ1v) is 10.5. The molecule has 0 N–H and O–H groups in total. The minimum absolute atomic E-state index is 0.0708. The number of hydrogen-bond acceptors (Lipinski definition) is 5. The van der Waals surface area contributed by atoms with Crippen molar-refractivity contribution in [1.29, 1.82) is 0 Å². The molecule has 7 heteroatoms. The van der Waals surface area contributed by atoms with Crippen molar-refractivity contribution < 1.29 is 4.79 Å². The van der Waals surface area contributed by atoms with Gasteiger partial charge in [0.1, 0.15) is 5.01 Å². The molecule has 0 spiro atoms. The van der Waals surface area contributed by atoms with Gasteiger partial charge in [-0.15, -0.1) is 10.2 Å². The summed E-state index contributed by atoms with van der Waals surface area (Å²) in [6, 6.07) is 7.11. The Labute approximate surface area is 163 Å². The fraction of sp³-hybridized carbons (Fsp3) is 0.526. The average molecular weight is 391 g/mol. The average Bonchev–Trinajstić information content (AvgIpc) is 3.19. The first-order valence-electron chi connectivity index (χ1n) is 9.34. The maximum atomic E-state index is 12.6. The van der Waals surface area contributed by atoms with Crippen molar-refractivity contribution in [3.8, 4) is 0 Å². The fourth-order valence-electron chi connectivity index (χ4n) is 3.74. The molecule has 2 heterocycles. The molecular formula is C19H23ClN4OS. The number of carbonyl (C=O) groups is 1. The van der Waals surface area contributed by atoms with Crippen LogP contribution in [0, 0.1) is 0 Å². The maximum absolute atomic E-state index is 12.6. The Bertz CT molecular complexity index is 749. The van der Waals surface area contributed by atoms with Crippen molar-refractivity contribution in [2.45, 2.75) is 38.0 Å². The van der Waals surface area contributed by atoms with Gasteiger partial charge in [0.15, 0.2) is 0 Å². The Morgan fingerprint density at radius 2 is 1.69 bits per heavy atom. The van der Waals surface area contributed by atoms with Crippen LogP contribution >= 0.6 is 22.9 Å². The molecule has 1 saturated carbocycles. The number of nitrogens with zero attached hydrogens (tertiary/aromatic N) is 4. The van der Waals surface area contributed by atoms with Gasteiger partial charge < -0.3 is 9.80 Å². The molecule has 5 nitrogen and oxygen atoms in total. The van der Waals surface area contributed by atoms with Gasteiger partial charge in [-0.05, 0) is 37.1 Å². The van der Waals surface area contributed by atoms with Crippen molar-refractivity contribution in [2.24, 2.45) is 0 Å². The second-order valence-electron chi connectivity index (χ2n) is 7.04. The third-order valence-electron chi connectivity index (χ3n) is 5.31. The van der Waals surface area contributed by atoms with E-state index in [0.29, 0.717) is 29.6 Å². The number of amides is 1. The molecule has 138 valence electrons. The molecule has 0 atom stereocenters. The van der Waals surface area contributed by atoms with E-state index < -0.39 is 0 Å². The lowest BCUT2D eigenvalue weighted by Crippen LogP contribution is -2.48. The predicted molar refractivity (Wildman–Crippen MR) is 105 cm³/mol. The highest BCUT2D eigenvalue weighted by atomic mass is 35.5. The quantitative estimate of drug-likeness (QED) is 0.788. The predicted octanol–water partition coefficient (Wildman–Crippen LogP) is 4.20. The van der Waals surface area contributed by atoms with Crippen LogP contribution in [-0.2, 0) is 0 Å². The number of piperazine rings is 1. The Morgan fingerprint density at radius 1 is 1.00 bits per heavy atom. The fourth-order valence-corrected chi connectivity index (χ4v) is 4.93. The van der Waals surface area contributed by atoms with Crippen molar-refractivity contribution in [2.75, 3.05) is 31.1 Å². The first-order chi connectivity index (χ1) is 12.7. The highest BCUT2D eigenvalue weighted by Gasteiger charge is 2.26. The molecule has 2 aromatic rings. The molecule has 1 aliphatic carbocycles. The monoisotopic (exact) mass is 390 g/mol. The number of hydrogen-bond donors (Lipinski definition) is 0. The molecule has 0 bridgehead atoms. The largest absolute Gasteiger partial charge is 0.343 e. The molecule has 1 amide bonds. The standard InChI is InChI=1S/C19H23ClN4OS/c20-16-8-6-15(7-9-16)18(25)23-10-12-24(13-11-23)19-22-21-17(26-19)14-4-2-1-3-5-14/h6-9,14H,1-5,10-13H2. The lowest BCUT2D eigenvalue weighted by atomic mass is 9.90. The summed E-state index contributed by atoms with van der Waals surface area (Å²) in [4.78, 5) is 16.8. The zero-order chi connectivity index (χ0) is 17.9. The van der Waals surface area contributed by atoms with Gasteiger partial charge in [-0.2, -0.15) is 0 Å². The van der Waals surface area contributed by atoms with E-state index in [1.807, 2.05) is 4.90 Å². The van der Waals surface area contributed by atoms with Gasteiger partial charge in [-0.3, -0.25) is 4.79 Å². The zero-order valence-electron chi connectivity index (χ0n) is 14.7.